The lowest BCUT2D eigenvalue weighted by molar-refractivity contribution is -0.118. The van der Waals surface area contributed by atoms with Crippen LogP contribution in [0.4, 0.5) is 17.1 Å². The van der Waals surface area contributed by atoms with Crippen LogP contribution in [0.3, 0.4) is 0 Å². The van der Waals surface area contributed by atoms with Gasteiger partial charge in [0.25, 0.3) is 11.8 Å². The van der Waals surface area contributed by atoms with Gasteiger partial charge < -0.3 is 20.3 Å². The second-order valence-electron chi connectivity index (χ2n) is 6.89. The minimum atomic E-state index is -0.252. The first-order valence-corrected chi connectivity index (χ1v) is 9.32. The molecule has 0 saturated heterocycles. The highest BCUT2D eigenvalue weighted by Gasteiger charge is 2.18. The average molecular weight is 387 g/mol. The van der Waals surface area contributed by atoms with Gasteiger partial charge in [0.05, 0.1) is 5.69 Å². The summed E-state index contributed by atoms with van der Waals surface area (Å²) in [5, 5.41) is 5.59. The highest BCUT2D eigenvalue weighted by Crippen LogP contribution is 2.29. The van der Waals surface area contributed by atoms with Crippen LogP contribution in [0.5, 0.6) is 5.75 Å². The summed E-state index contributed by atoms with van der Waals surface area (Å²) in [4.78, 5) is 26.2. The summed E-state index contributed by atoms with van der Waals surface area (Å²) in [6, 6.07) is 22.9. The zero-order valence-electron chi connectivity index (χ0n) is 16.0. The van der Waals surface area contributed by atoms with E-state index in [2.05, 4.69) is 27.7 Å². The van der Waals surface area contributed by atoms with E-state index < -0.39 is 0 Å². The number of ether oxygens (including phenoxy) is 1. The smallest absolute Gasteiger partial charge is 0.262 e. The van der Waals surface area contributed by atoms with E-state index in [0.717, 1.165) is 12.2 Å². The lowest BCUT2D eigenvalue weighted by atomic mass is 10.1. The number of amides is 2. The SMILES string of the molecule is CN(Cc1ccccc1)c1ccc(NC(=O)c2ccc3c(c2)NC(=O)CO3)cc1. The number of fused-ring (bicyclic) bond motifs is 1. The predicted octanol–water partition coefficient (Wildman–Crippen LogP) is 3.91. The summed E-state index contributed by atoms with van der Waals surface area (Å²) in [5.74, 6) is 0.0789. The molecule has 0 spiro atoms. The minimum absolute atomic E-state index is 0.0103. The Morgan fingerprint density at radius 3 is 2.59 bits per heavy atom. The maximum Gasteiger partial charge on any atom is 0.262 e. The summed E-state index contributed by atoms with van der Waals surface area (Å²) in [7, 11) is 2.03. The van der Waals surface area contributed by atoms with Crippen LogP contribution in [-0.4, -0.2) is 25.5 Å². The van der Waals surface area contributed by atoms with E-state index in [4.69, 9.17) is 4.74 Å². The summed E-state index contributed by atoms with van der Waals surface area (Å²) < 4.78 is 5.32. The predicted molar refractivity (Wildman–Crippen MR) is 114 cm³/mol. The second kappa shape index (κ2) is 8.06. The topological polar surface area (TPSA) is 70.7 Å². The molecule has 0 bridgehead atoms. The lowest BCUT2D eigenvalue weighted by Crippen LogP contribution is -2.25. The molecule has 4 rings (SSSR count). The molecule has 6 heteroatoms. The van der Waals surface area contributed by atoms with Crippen LogP contribution >= 0.6 is 0 Å². The summed E-state index contributed by atoms with van der Waals surface area (Å²) in [5.41, 5.74) is 3.94. The van der Waals surface area contributed by atoms with Crippen molar-refractivity contribution in [3.8, 4) is 5.75 Å². The fraction of sp³-hybridized carbons (Fsp3) is 0.130. The number of nitrogens with zero attached hydrogens (tertiary/aromatic N) is 1. The Kier molecular flexibility index (Phi) is 5.16. The van der Waals surface area contributed by atoms with Crippen LogP contribution in [-0.2, 0) is 11.3 Å². The highest BCUT2D eigenvalue weighted by molar-refractivity contribution is 6.06. The summed E-state index contributed by atoms with van der Waals surface area (Å²) >= 11 is 0. The van der Waals surface area contributed by atoms with Crippen LogP contribution in [0.15, 0.2) is 72.8 Å². The van der Waals surface area contributed by atoms with Gasteiger partial charge in [0.15, 0.2) is 6.61 Å². The quantitative estimate of drug-likeness (QED) is 0.696. The molecule has 6 nitrogen and oxygen atoms in total. The molecule has 0 aromatic heterocycles. The van der Waals surface area contributed by atoms with Gasteiger partial charge in [-0.05, 0) is 48.0 Å². The Balaban J connectivity index is 1.41. The van der Waals surface area contributed by atoms with Crippen molar-refractivity contribution in [2.24, 2.45) is 0 Å². The largest absolute Gasteiger partial charge is 0.482 e. The Hall–Kier alpha value is -3.80. The van der Waals surface area contributed by atoms with Crippen molar-refractivity contribution >= 4 is 28.9 Å². The Labute approximate surface area is 169 Å². The van der Waals surface area contributed by atoms with Crippen molar-refractivity contribution in [2.75, 3.05) is 29.2 Å². The third-order valence-electron chi connectivity index (χ3n) is 4.70. The van der Waals surface area contributed by atoms with Gasteiger partial charge in [0, 0.05) is 30.5 Å². The third kappa shape index (κ3) is 4.38. The van der Waals surface area contributed by atoms with Crippen molar-refractivity contribution in [3.05, 3.63) is 83.9 Å². The zero-order valence-corrected chi connectivity index (χ0v) is 16.0. The van der Waals surface area contributed by atoms with Gasteiger partial charge in [-0.2, -0.15) is 0 Å². The molecule has 0 aliphatic carbocycles. The van der Waals surface area contributed by atoms with Crippen LogP contribution in [0.2, 0.25) is 0 Å². The number of benzene rings is 3. The standard InChI is InChI=1S/C23H21N3O3/c1-26(14-16-5-3-2-4-6-16)19-10-8-18(9-11-19)24-23(28)17-7-12-21-20(13-17)25-22(27)15-29-21/h2-13H,14-15H2,1H3,(H,24,28)(H,25,27). The summed E-state index contributed by atoms with van der Waals surface area (Å²) in [6.07, 6.45) is 0. The molecule has 1 aliphatic heterocycles. The summed E-state index contributed by atoms with van der Waals surface area (Å²) in [6.45, 7) is 0.791. The number of rotatable bonds is 5. The molecule has 0 atom stereocenters. The number of nitrogens with one attached hydrogen (secondary N) is 2. The Morgan fingerprint density at radius 2 is 1.83 bits per heavy atom. The van der Waals surface area contributed by atoms with Gasteiger partial charge in [0.2, 0.25) is 0 Å². The molecule has 1 aliphatic rings. The molecule has 1 heterocycles. The molecule has 0 radical (unpaired) electrons. The maximum atomic E-state index is 12.6. The van der Waals surface area contributed by atoms with E-state index in [9.17, 15) is 9.59 Å². The first-order chi connectivity index (χ1) is 14.1. The molecular weight excluding hydrogens is 366 g/mol. The molecule has 2 N–H and O–H groups in total. The van der Waals surface area contributed by atoms with Gasteiger partial charge >= 0.3 is 0 Å². The molecule has 3 aromatic rings. The Morgan fingerprint density at radius 1 is 1.07 bits per heavy atom. The monoisotopic (exact) mass is 387 g/mol. The molecular formula is C23H21N3O3. The van der Waals surface area contributed by atoms with Gasteiger partial charge in [-0.15, -0.1) is 0 Å². The zero-order chi connectivity index (χ0) is 20.2. The molecule has 0 fully saturated rings. The second-order valence-corrected chi connectivity index (χ2v) is 6.89. The first-order valence-electron chi connectivity index (χ1n) is 9.32. The van der Waals surface area contributed by atoms with E-state index in [1.807, 2.05) is 49.5 Å². The van der Waals surface area contributed by atoms with Crippen molar-refractivity contribution < 1.29 is 14.3 Å². The van der Waals surface area contributed by atoms with Crippen molar-refractivity contribution in [2.45, 2.75) is 6.54 Å². The van der Waals surface area contributed by atoms with Gasteiger partial charge in [-0.25, -0.2) is 0 Å². The first kappa shape index (κ1) is 18.6. The molecule has 2 amide bonds. The van der Waals surface area contributed by atoms with Crippen molar-refractivity contribution in [1.82, 2.24) is 0 Å². The van der Waals surface area contributed by atoms with Gasteiger partial charge in [-0.3, -0.25) is 9.59 Å². The van der Waals surface area contributed by atoms with Crippen molar-refractivity contribution in [1.29, 1.82) is 0 Å². The number of anilines is 3. The lowest BCUT2D eigenvalue weighted by Gasteiger charge is -2.20. The molecule has 0 unspecified atom stereocenters. The van der Waals surface area contributed by atoms with E-state index in [0.29, 0.717) is 22.7 Å². The normalized spacial score (nSPS) is 12.4. The number of carbonyl (C=O) groups excluding carboxylic acids is 2. The van der Waals surface area contributed by atoms with E-state index in [1.165, 1.54) is 5.56 Å². The van der Waals surface area contributed by atoms with E-state index >= 15 is 0 Å². The fourth-order valence-corrected chi connectivity index (χ4v) is 3.18. The number of hydrogen-bond acceptors (Lipinski definition) is 4. The van der Waals surface area contributed by atoms with E-state index in [-0.39, 0.29) is 18.4 Å². The number of hydrogen-bond donors (Lipinski definition) is 2. The van der Waals surface area contributed by atoms with Crippen LogP contribution in [0.1, 0.15) is 15.9 Å². The van der Waals surface area contributed by atoms with Crippen LogP contribution in [0, 0.1) is 0 Å². The molecule has 0 saturated carbocycles. The average Bonchev–Trinajstić information content (AvgIpc) is 2.74. The number of carbonyl (C=O) groups is 2. The van der Waals surface area contributed by atoms with Crippen LogP contribution in [0.25, 0.3) is 0 Å². The van der Waals surface area contributed by atoms with E-state index in [1.54, 1.807) is 18.2 Å². The Bertz CT molecular complexity index is 1030. The van der Waals surface area contributed by atoms with Gasteiger partial charge in [0.1, 0.15) is 5.75 Å². The van der Waals surface area contributed by atoms with Crippen LogP contribution < -0.4 is 20.3 Å². The molecule has 146 valence electrons. The fourth-order valence-electron chi connectivity index (χ4n) is 3.18. The minimum Gasteiger partial charge on any atom is -0.482 e. The molecule has 3 aromatic carbocycles. The van der Waals surface area contributed by atoms with Gasteiger partial charge in [-0.1, -0.05) is 30.3 Å². The molecule has 29 heavy (non-hydrogen) atoms. The maximum absolute atomic E-state index is 12.6. The highest BCUT2D eigenvalue weighted by atomic mass is 16.5. The third-order valence-corrected chi connectivity index (χ3v) is 4.70. The van der Waals surface area contributed by atoms with Crippen molar-refractivity contribution in [3.63, 3.8) is 0 Å².